The van der Waals surface area contributed by atoms with Crippen molar-refractivity contribution in [3.63, 3.8) is 0 Å². The molecule has 9 heteroatoms. The van der Waals surface area contributed by atoms with E-state index < -0.39 is 0 Å². The lowest BCUT2D eigenvalue weighted by Gasteiger charge is -2.14. The molecule has 1 unspecified atom stereocenters. The van der Waals surface area contributed by atoms with Crippen LogP contribution in [0.1, 0.15) is 18.4 Å². The standard InChI is InChI=1S/C22H26N4O3S2/c1-16-5-2-6-17(13-16)29-11-9-23-20(27)15-31-22-25-24-21(19-8-4-12-30-19)26(22)14-18-7-3-10-28-18/h2,4-6,8,12-13,18H,3,7,9-11,14-15H2,1H3,(H,23,27). The molecule has 4 rings (SSSR count). The monoisotopic (exact) mass is 458 g/mol. The van der Waals surface area contributed by atoms with Crippen LogP contribution < -0.4 is 10.1 Å². The van der Waals surface area contributed by atoms with Gasteiger partial charge in [0.15, 0.2) is 11.0 Å². The normalized spacial score (nSPS) is 15.8. The molecule has 0 spiro atoms. The van der Waals surface area contributed by atoms with Crippen LogP contribution in [0.3, 0.4) is 0 Å². The molecule has 7 nitrogen and oxygen atoms in total. The summed E-state index contributed by atoms with van der Waals surface area (Å²) in [4.78, 5) is 13.4. The van der Waals surface area contributed by atoms with Crippen molar-refractivity contribution < 1.29 is 14.3 Å². The number of benzene rings is 1. The summed E-state index contributed by atoms with van der Waals surface area (Å²) in [6.07, 6.45) is 2.28. The number of rotatable bonds is 10. The molecule has 1 N–H and O–H groups in total. The van der Waals surface area contributed by atoms with Crippen LogP contribution in [-0.4, -0.2) is 52.3 Å². The van der Waals surface area contributed by atoms with Crippen LogP contribution in [0.25, 0.3) is 10.7 Å². The molecular formula is C22H26N4O3S2. The zero-order valence-electron chi connectivity index (χ0n) is 17.5. The van der Waals surface area contributed by atoms with E-state index >= 15 is 0 Å². The Balaban J connectivity index is 1.29. The maximum atomic E-state index is 12.3. The number of aromatic nitrogens is 3. The number of hydrogen-bond acceptors (Lipinski definition) is 7. The van der Waals surface area contributed by atoms with Crippen LogP contribution in [0, 0.1) is 6.92 Å². The Morgan fingerprint density at radius 1 is 1.35 bits per heavy atom. The second-order valence-electron chi connectivity index (χ2n) is 7.33. The molecule has 1 aliphatic rings. The van der Waals surface area contributed by atoms with Gasteiger partial charge in [-0.1, -0.05) is 30.0 Å². The van der Waals surface area contributed by atoms with Crippen LogP contribution in [0.4, 0.5) is 0 Å². The molecule has 1 aliphatic heterocycles. The molecule has 0 saturated carbocycles. The number of nitrogens with one attached hydrogen (secondary N) is 1. The molecule has 1 aromatic carbocycles. The number of hydrogen-bond donors (Lipinski definition) is 1. The first-order chi connectivity index (χ1) is 15.2. The lowest BCUT2D eigenvalue weighted by atomic mass is 10.2. The van der Waals surface area contributed by atoms with Gasteiger partial charge >= 0.3 is 0 Å². The van der Waals surface area contributed by atoms with Crippen molar-refractivity contribution in [2.24, 2.45) is 0 Å². The third kappa shape index (κ3) is 6.09. The minimum Gasteiger partial charge on any atom is -0.492 e. The van der Waals surface area contributed by atoms with E-state index in [1.807, 2.05) is 48.7 Å². The first kappa shape index (κ1) is 21.9. The molecule has 0 bridgehead atoms. The summed E-state index contributed by atoms with van der Waals surface area (Å²) in [5.41, 5.74) is 1.15. The molecule has 1 fully saturated rings. The zero-order chi connectivity index (χ0) is 21.5. The number of thioether (sulfide) groups is 1. The number of amides is 1. The zero-order valence-corrected chi connectivity index (χ0v) is 19.1. The van der Waals surface area contributed by atoms with E-state index in [2.05, 4.69) is 20.1 Å². The Hall–Kier alpha value is -2.36. The molecular weight excluding hydrogens is 432 g/mol. The van der Waals surface area contributed by atoms with E-state index in [0.29, 0.717) is 19.7 Å². The summed E-state index contributed by atoms with van der Waals surface area (Å²) in [7, 11) is 0. The van der Waals surface area contributed by atoms with Crippen molar-refractivity contribution in [3.05, 3.63) is 47.3 Å². The van der Waals surface area contributed by atoms with Crippen LogP contribution >= 0.6 is 23.1 Å². The third-order valence-corrected chi connectivity index (χ3v) is 6.72. The fourth-order valence-electron chi connectivity index (χ4n) is 3.39. The summed E-state index contributed by atoms with van der Waals surface area (Å²) in [5, 5.41) is 14.4. The number of thiophene rings is 1. The maximum absolute atomic E-state index is 12.3. The van der Waals surface area contributed by atoms with Gasteiger partial charge in [-0.3, -0.25) is 9.36 Å². The molecule has 3 heterocycles. The second-order valence-corrected chi connectivity index (χ2v) is 9.22. The lowest BCUT2D eigenvalue weighted by molar-refractivity contribution is -0.118. The fraction of sp³-hybridized carbons (Fsp3) is 0.409. The topological polar surface area (TPSA) is 78.3 Å². The van der Waals surface area contributed by atoms with E-state index in [4.69, 9.17) is 9.47 Å². The van der Waals surface area contributed by atoms with E-state index in [9.17, 15) is 4.79 Å². The highest BCUT2D eigenvalue weighted by Crippen LogP contribution is 2.29. The van der Waals surface area contributed by atoms with Crippen molar-refractivity contribution >= 4 is 29.0 Å². The Bertz CT molecular complexity index is 985. The van der Waals surface area contributed by atoms with Gasteiger partial charge in [-0.15, -0.1) is 21.5 Å². The summed E-state index contributed by atoms with van der Waals surface area (Å²) >= 11 is 3.03. The SMILES string of the molecule is Cc1cccc(OCCNC(=O)CSc2nnc(-c3cccs3)n2CC2CCCO2)c1. The van der Waals surface area contributed by atoms with Crippen molar-refractivity contribution in [1.29, 1.82) is 0 Å². The third-order valence-electron chi connectivity index (χ3n) is 4.88. The van der Waals surface area contributed by atoms with Crippen LogP contribution in [-0.2, 0) is 16.1 Å². The average Bonchev–Trinajstić information content (AvgIpc) is 3.52. The predicted molar refractivity (Wildman–Crippen MR) is 123 cm³/mol. The molecule has 1 atom stereocenters. The minimum absolute atomic E-state index is 0.0535. The molecule has 2 aromatic heterocycles. The van der Waals surface area contributed by atoms with E-state index in [1.54, 1.807) is 11.3 Å². The highest BCUT2D eigenvalue weighted by molar-refractivity contribution is 7.99. The molecule has 0 aliphatic carbocycles. The maximum Gasteiger partial charge on any atom is 0.230 e. The van der Waals surface area contributed by atoms with Gasteiger partial charge in [-0.2, -0.15) is 0 Å². The summed E-state index contributed by atoms with van der Waals surface area (Å²) in [5.74, 6) is 1.87. The number of ether oxygens (including phenoxy) is 2. The summed E-state index contributed by atoms with van der Waals surface area (Å²) < 4.78 is 13.6. The lowest BCUT2D eigenvalue weighted by Crippen LogP contribution is -2.29. The average molecular weight is 459 g/mol. The van der Waals surface area contributed by atoms with E-state index in [-0.39, 0.29) is 17.8 Å². The Morgan fingerprint density at radius 2 is 2.29 bits per heavy atom. The molecule has 1 amide bonds. The fourth-order valence-corrected chi connectivity index (χ4v) is 4.88. The predicted octanol–water partition coefficient (Wildman–Crippen LogP) is 3.78. The number of aryl methyl sites for hydroxylation is 1. The van der Waals surface area contributed by atoms with E-state index in [1.165, 1.54) is 11.8 Å². The van der Waals surface area contributed by atoms with Crippen molar-refractivity contribution in [1.82, 2.24) is 20.1 Å². The summed E-state index contributed by atoms with van der Waals surface area (Å²) in [6, 6.07) is 11.9. The minimum atomic E-state index is -0.0535. The van der Waals surface area contributed by atoms with Gasteiger partial charge in [0.05, 0.1) is 29.8 Å². The van der Waals surface area contributed by atoms with Gasteiger partial charge in [-0.25, -0.2) is 0 Å². The first-order valence-electron chi connectivity index (χ1n) is 10.4. The van der Waals surface area contributed by atoms with Gasteiger partial charge in [0.1, 0.15) is 12.4 Å². The first-order valence-corrected chi connectivity index (χ1v) is 12.2. The van der Waals surface area contributed by atoms with Gasteiger partial charge in [-0.05, 0) is 48.9 Å². The van der Waals surface area contributed by atoms with Crippen molar-refractivity contribution in [2.75, 3.05) is 25.5 Å². The quantitative estimate of drug-likeness (QED) is 0.368. The van der Waals surface area contributed by atoms with Crippen molar-refractivity contribution in [2.45, 2.75) is 37.6 Å². The molecule has 164 valence electrons. The Labute approximate surface area is 190 Å². The summed E-state index contributed by atoms with van der Waals surface area (Å²) in [6.45, 7) is 4.41. The largest absolute Gasteiger partial charge is 0.492 e. The van der Waals surface area contributed by atoms with Crippen LogP contribution in [0.15, 0.2) is 46.9 Å². The van der Waals surface area contributed by atoms with Crippen LogP contribution in [0.5, 0.6) is 5.75 Å². The van der Waals surface area contributed by atoms with Crippen LogP contribution in [0.2, 0.25) is 0 Å². The number of carbonyl (C=O) groups excluding carboxylic acids is 1. The number of carbonyl (C=O) groups is 1. The highest BCUT2D eigenvalue weighted by atomic mass is 32.2. The van der Waals surface area contributed by atoms with E-state index in [0.717, 1.165) is 46.6 Å². The van der Waals surface area contributed by atoms with Crippen molar-refractivity contribution in [3.8, 4) is 16.5 Å². The smallest absolute Gasteiger partial charge is 0.230 e. The highest BCUT2D eigenvalue weighted by Gasteiger charge is 2.22. The molecule has 31 heavy (non-hydrogen) atoms. The molecule has 0 radical (unpaired) electrons. The van der Waals surface area contributed by atoms with Gasteiger partial charge in [0.25, 0.3) is 0 Å². The Kier molecular flexibility index (Phi) is 7.61. The second kappa shape index (κ2) is 10.8. The number of nitrogens with zero attached hydrogens (tertiary/aromatic N) is 3. The molecule has 3 aromatic rings. The van der Waals surface area contributed by atoms with Gasteiger partial charge in [0.2, 0.25) is 5.91 Å². The Morgan fingerprint density at radius 3 is 3.06 bits per heavy atom. The molecule has 1 saturated heterocycles. The van der Waals surface area contributed by atoms with Gasteiger partial charge in [0, 0.05) is 6.61 Å². The van der Waals surface area contributed by atoms with Gasteiger partial charge < -0.3 is 14.8 Å².